The predicted molar refractivity (Wildman–Crippen MR) is 127 cm³/mol. The van der Waals surface area contributed by atoms with Crippen molar-refractivity contribution in [3.63, 3.8) is 0 Å². The normalized spacial score (nSPS) is 16.4. The van der Waals surface area contributed by atoms with E-state index in [1.54, 1.807) is 23.0 Å². The summed E-state index contributed by atoms with van der Waals surface area (Å²) in [6, 6.07) is 20.9. The van der Waals surface area contributed by atoms with Crippen molar-refractivity contribution >= 4 is 34.3 Å². The van der Waals surface area contributed by atoms with Crippen LogP contribution >= 0.6 is 11.8 Å². The van der Waals surface area contributed by atoms with Gasteiger partial charge in [-0.3, -0.25) is 19.1 Å². The Morgan fingerprint density at radius 3 is 2.59 bits per heavy atom. The third-order valence-electron chi connectivity index (χ3n) is 5.60. The van der Waals surface area contributed by atoms with Gasteiger partial charge >= 0.3 is 0 Å². The Bertz CT molecular complexity index is 1310. The molecule has 0 radical (unpaired) electrons. The van der Waals surface area contributed by atoms with E-state index in [1.807, 2.05) is 65.6 Å². The first kappa shape index (κ1) is 20.5. The van der Waals surface area contributed by atoms with Crippen molar-refractivity contribution in [2.45, 2.75) is 29.8 Å². The molecule has 1 saturated heterocycles. The first-order valence-corrected chi connectivity index (χ1v) is 11.5. The van der Waals surface area contributed by atoms with Crippen LogP contribution in [0.5, 0.6) is 0 Å². The molecular formula is C25H22N4O2S. The third kappa shape index (κ3) is 4.03. The molecule has 0 N–H and O–H groups in total. The summed E-state index contributed by atoms with van der Waals surface area (Å²) < 4.78 is 1.67. The number of aromatic nitrogens is 3. The standard InChI is InChI=1S/C25H22N4O2S/c30-23-20-11-4-5-12-21(20)27-25(29(23)17-18-8-6-14-26-16-18)32-22-13-7-15-28(24(22)31)19-9-2-1-3-10-19/h1-6,8-12,14,16,22H,7,13,15,17H2. The molecule has 32 heavy (non-hydrogen) atoms. The summed E-state index contributed by atoms with van der Waals surface area (Å²) in [5.41, 5.74) is 2.35. The Labute approximate surface area is 189 Å². The van der Waals surface area contributed by atoms with Gasteiger partial charge < -0.3 is 4.90 Å². The molecule has 1 fully saturated rings. The lowest BCUT2D eigenvalue weighted by Gasteiger charge is -2.32. The van der Waals surface area contributed by atoms with Crippen molar-refractivity contribution in [1.29, 1.82) is 0 Å². The lowest BCUT2D eigenvalue weighted by molar-refractivity contribution is -0.119. The van der Waals surface area contributed by atoms with Gasteiger partial charge in [-0.05, 0) is 48.7 Å². The quantitative estimate of drug-likeness (QED) is 0.435. The number of anilines is 1. The van der Waals surface area contributed by atoms with Gasteiger partial charge in [0.15, 0.2) is 5.16 Å². The van der Waals surface area contributed by atoms with E-state index in [9.17, 15) is 9.59 Å². The molecular weight excluding hydrogens is 420 g/mol. The van der Waals surface area contributed by atoms with E-state index in [0.717, 1.165) is 24.1 Å². The summed E-state index contributed by atoms with van der Waals surface area (Å²) >= 11 is 1.39. The predicted octanol–water partition coefficient (Wildman–Crippen LogP) is 4.13. The Morgan fingerprint density at radius 1 is 0.969 bits per heavy atom. The molecule has 0 aliphatic carbocycles. The fraction of sp³-hybridized carbons (Fsp3) is 0.200. The molecule has 1 amide bonds. The smallest absolute Gasteiger partial charge is 0.262 e. The van der Waals surface area contributed by atoms with Crippen LogP contribution in [0.1, 0.15) is 18.4 Å². The zero-order valence-corrected chi connectivity index (χ0v) is 18.2. The number of hydrogen-bond acceptors (Lipinski definition) is 5. The van der Waals surface area contributed by atoms with E-state index in [-0.39, 0.29) is 16.7 Å². The van der Waals surface area contributed by atoms with Crippen molar-refractivity contribution in [1.82, 2.24) is 14.5 Å². The van der Waals surface area contributed by atoms with Crippen molar-refractivity contribution < 1.29 is 4.79 Å². The highest BCUT2D eigenvalue weighted by molar-refractivity contribution is 8.00. The maximum absolute atomic E-state index is 13.4. The van der Waals surface area contributed by atoms with Gasteiger partial charge in [0, 0.05) is 24.6 Å². The lowest BCUT2D eigenvalue weighted by atomic mass is 10.1. The Morgan fingerprint density at radius 2 is 1.78 bits per heavy atom. The number of thioether (sulfide) groups is 1. The summed E-state index contributed by atoms with van der Waals surface area (Å²) in [4.78, 5) is 37.5. The van der Waals surface area contributed by atoms with E-state index in [4.69, 9.17) is 4.98 Å². The van der Waals surface area contributed by atoms with E-state index < -0.39 is 0 Å². The number of fused-ring (bicyclic) bond motifs is 1. The minimum atomic E-state index is -0.294. The Balaban J connectivity index is 1.52. The summed E-state index contributed by atoms with van der Waals surface area (Å²) in [6.07, 6.45) is 5.11. The van der Waals surface area contributed by atoms with Gasteiger partial charge in [0.2, 0.25) is 5.91 Å². The molecule has 0 bridgehead atoms. The van der Waals surface area contributed by atoms with Gasteiger partial charge in [0.1, 0.15) is 0 Å². The molecule has 2 aromatic carbocycles. The molecule has 2 aromatic heterocycles. The molecule has 7 heteroatoms. The summed E-state index contributed by atoms with van der Waals surface area (Å²) in [6.45, 7) is 1.06. The minimum absolute atomic E-state index is 0.0581. The van der Waals surface area contributed by atoms with Gasteiger partial charge in [-0.2, -0.15) is 0 Å². The second-order valence-electron chi connectivity index (χ2n) is 7.74. The average Bonchev–Trinajstić information content (AvgIpc) is 2.84. The van der Waals surface area contributed by atoms with Crippen LogP contribution in [0.3, 0.4) is 0 Å². The summed E-state index contributed by atoms with van der Waals surface area (Å²) in [7, 11) is 0. The second kappa shape index (κ2) is 8.96. The van der Waals surface area contributed by atoms with Gasteiger partial charge in [0.25, 0.3) is 5.56 Å². The summed E-state index contributed by atoms with van der Waals surface area (Å²) in [5, 5.41) is 0.838. The van der Waals surface area contributed by atoms with Crippen LogP contribution < -0.4 is 10.5 Å². The molecule has 0 spiro atoms. The van der Waals surface area contributed by atoms with Crippen LogP contribution in [-0.4, -0.2) is 32.2 Å². The number of piperidine rings is 1. The third-order valence-corrected chi connectivity index (χ3v) is 6.84. The number of rotatable bonds is 5. The van der Waals surface area contributed by atoms with Crippen LogP contribution in [0.2, 0.25) is 0 Å². The lowest BCUT2D eigenvalue weighted by Crippen LogP contribution is -2.43. The van der Waals surface area contributed by atoms with Crippen molar-refractivity contribution in [3.8, 4) is 0 Å². The number of carbonyl (C=O) groups excluding carboxylic acids is 1. The molecule has 1 atom stereocenters. The van der Waals surface area contributed by atoms with Gasteiger partial charge in [0.05, 0.1) is 22.7 Å². The minimum Gasteiger partial charge on any atom is -0.311 e. The van der Waals surface area contributed by atoms with Crippen molar-refractivity contribution in [3.05, 3.63) is 95.0 Å². The number of hydrogen-bond donors (Lipinski definition) is 0. The second-order valence-corrected chi connectivity index (χ2v) is 8.91. The Hall–Kier alpha value is -3.45. The molecule has 0 saturated carbocycles. The molecule has 5 rings (SSSR count). The molecule has 1 unspecified atom stereocenters. The molecule has 4 aromatic rings. The molecule has 1 aliphatic heterocycles. The molecule has 6 nitrogen and oxygen atoms in total. The highest BCUT2D eigenvalue weighted by atomic mass is 32.2. The SMILES string of the molecule is O=C1C(Sc2nc3ccccc3c(=O)n2Cc2cccnc2)CCCN1c1ccccc1. The van der Waals surface area contributed by atoms with Crippen LogP contribution in [0.4, 0.5) is 5.69 Å². The number of para-hydroxylation sites is 2. The number of nitrogens with zero attached hydrogens (tertiary/aromatic N) is 4. The number of carbonyl (C=O) groups is 1. The highest BCUT2D eigenvalue weighted by Crippen LogP contribution is 2.32. The Kier molecular flexibility index (Phi) is 5.73. The molecule has 3 heterocycles. The van der Waals surface area contributed by atoms with E-state index in [1.165, 1.54) is 11.8 Å². The van der Waals surface area contributed by atoms with Crippen LogP contribution in [-0.2, 0) is 11.3 Å². The fourth-order valence-corrected chi connectivity index (χ4v) is 5.19. The zero-order valence-electron chi connectivity index (χ0n) is 17.4. The monoisotopic (exact) mass is 442 g/mol. The van der Waals surface area contributed by atoms with Crippen LogP contribution in [0.15, 0.2) is 89.1 Å². The maximum atomic E-state index is 13.4. The number of amides is 1. The maximum Gasteiger partial charge on any atom is 0.262 e. The first-order valence-electron chi connectivity index (χ1n) is 10.6. The van der Waals surface area contributed by atoms with Gasteiger partial charge in [-0.15, -0.1) is 0 Å². The van der Waals surface area contributed by atoms with Crippen molar-refractivity contribution in [2.24, 2.45) is 0 Å². The molecule has 1 aliphatic rings. The zero-order chi connectivity index (χ0) is 21.9. The average molecular weight is 443 g/mol. The number of pyridine rings is 1. The highest BCUT2D eigenvalue weighted by Gasteiger charge is 2.32. The largest absolute Gasteiger partial charge is 0.311 e. The van der Waals surface area contributed by atoms with Crippen molar-refractivity contribution in [2.75, 3.05) is 11.4 Å². The summed E-state index contributed by atoms with van der Waals surface area (Å²) in [5.74, 6) is 0.0581. The van der Waals surface area contributed by atoms with Crippen LogP contribution in [0.25, 0.3) is 10.9 Å². The van der Waals surface area contributed by atoms with E-state index in [2.05, 4.69) is 4.98 Å². The number of benzene rings is 2. The fourth-order valence-electron chi connectivity index (χ4n) is 3.99. The van der Waals surface area contributed by atoms with E-state index >= 15 is 0 Å². The van der Waals surface area contributed by atoms with Crippen LogP contribution in [0, 0.1) is 0 Å². The van der Waals surface area contributed by atoms with Gasteiger partial charge in [-0.1, -0.05) is 48.2 Å². The van der Waals surface area contributed by atoms with E-state index in [0.29, 0.717) is 29.1 Å². The van der Waals surface area contributed by atoms with Gasteiger partial charge in [-0.25, -0.2) is 4.98 Å². The molecule has 160 valence electrons. The topological polar surface area (TPSA) is 68.1 Å². The first-order chi connectivity index (χ1) is 15.7.